The Morgan fingerprint density at radius 1 is 1.48 bits per heavy atom. The number of halogens is 1. The van der Waals surface area contributed by atoms with Crippen molar-refractivity contribution in [2.45, 2.75) is 38.5 Å². The SMILES string of the molecule is COc1ccc(CC(O)C2CN(C(C)C)CCO2)cc1Br. The molecule has 0 aliphatic carbocycles. The van der Waals surface area contributed by atoms with E-state index in [-0.39, 0.29) is 6.10 Å². The van der Waals surface area contributed by atoms with Crippen molar-refractivity contribution in [3.8, 4) is 5.75 Å². The molecule has 1 fully saturated rings. The number of nitrogens with zero attached hydrogens (tertiary/aromatic N) is 1. The lowest BCUT2D eigenvalue weighted by atomic mass is 10.0. The van der Waals surface area contributed by atoms with E-state index in [1.807, 2.05) is 18.2 Å². The quantitative estimate of drug-likeness (QED) is 0.878. The zero-order valence-corrected chi connectivity index (χ0v) is 14.5. The fraction of sp³-hybridized carbons (Fsp3) is 0.625. The van der Waals surface area contributed by atoms with Crippen LogP contribution in [0, 0.1) is 0 Å². The Kier molecular flexibility index (Phi) is 6.05. The summed E-state index contributed by atoms with van der Waals surface area (Å²) in [5.41, 5.74) is 1.07. The number of aliphatic hydroxyl groups excluding tert-OH is 1. The zero-order valence-electron chi connectivity index (χ0n) is 12.9. The number of hydrogen-bond donors (Lipinski definition) is 1. The third-order valence-electron chi connectivity index (χ3n) is 3.95. The third kappa shape index (κ3) is 4.42. The van der Waals surface area contributed by atoms with Gasteiger partial charge in [0.2, 0.25) is 0 Å². The lowest BCUT2D eigenvalue weighted by Gasteiger charge is -2.37. The van der Waals surface area contributed by atoms with Gasteiger partial charge in [-0.3, -0.25) is 4.90 Å². The maximum absolute atomic E-state index is 10.4. The standard InChI is InChI=1S/C16H24BrNO3/c1-11(2)18-6-7-21-16(10-18)14(19)9-12-4-5-15(20-3)13(17)8-12/h4-5,8,11,14,16,19H,6-7,9-10H2,1-3H3. The molecule has 1 heterocycles. The molecule has 21 heavy (non-hydrogen) atoms. The van der Waals surface area contributed by atoms with Crippen molar-refractivity contribution < 1.29 is 14.6 Å². The molecule has 1 N–H and O–H groups in total. The molecule has 0 aromatic heterocycles. The van der Waals surface area contributed by atoms with E-state index in [0.717, 1.165) is 28.9 Å². The van der Waals surface area contributed by atoms with E-state index < -0.39 is 6.10 Å². The first-order valence-corrected chi connectivity index (χ1v) is 8.16. The summed E-state index contributed by atoms with van der Waals surface area (Å²) in [4.78, 5) is 2.35. The van der Waals surface area contributed by atoms with Crippen LogP contribution >= 0.6 is 15.9 Å². The van der Waals surface area contributed by atoms with Crippen LogP contribution in [0.3, 0.4) is 0 Å². The summed E-state index contributed by atoms with van der Waals surface area (Å²) in [6.45, 7) is 6.77. The van der Waals surface area contributed by atoms with Gasteiger partial charge in [0.25, 0.3) is 0 Å². The molecule has 0 saturated carbocycles. The van der Waals surface area contributed by atoms with Crippen LogP contribution < -0.4 is 4.74 Å². The van der Waals surface area contributed by atoms with Gasteiger partial charge < -0.3 is 14.6 Å². The van der Waals surface area contributed by atoms with Crippen LogP contribution in [0.15, 0.2) is 22.7 Å². The van der Waals surface area contributed by atoms with Gasteiger partial charge in [-0.1, -0.05) is 6.07 Å². The maximum atomic E-state index is 10.4. The number of rotatable bonds is 5. The average molecular weight is 358 g/mol. The molecule has 0 spiro atoms. The Morgan fingerprint density at radius 2 is 2.24 bits per heavy atom. The highest BCUT2D eigenvalue weighted by atomic mass is 79.9. The molecule has 2 unspecified atom stereocenters. The van der Waals surface area contributed by atoms with E-state index in [0.29, 0.717) is 19.1 Å². The highest BCUT2D eigenvalue weighted by molar-refractivity contribution is 9.10. The zero-order chi connectivity index (χ0) is 15.4. The minimum absolute atomic E-state index is 0.123. The molecular formula is C16H24BrNO3. The fourth-order valence-electron chi connectivity index (χ4n) is 2.61. The van der Waals surface area contributed by atoms with Crippen molar-refractivity contribution >= 4 is 15.9 Å². The highest BCUT2D eigenvalue weighted by Gasteiger charge is 2.28. The fourth-order valence-corrected chi connectivity index (χ4v) is 3.20. The molecule has 1 aromatic carbocycles. The van der Waals surface area contributed by atoms with Gasteiger partial charge in [-0.05, 0) is 47.5 Å². The van der Waals surface area contributed by atoms with Gasteiger partial charge in [-0.2, -0.15) is 0 Å². The van der Waals surface area contributed by atoms with E-state index in [1.54, 1.807) is 7.11 Å². The first-order valence-electron chi connectivity index (χ1n) is 7.37. The average Bonchev–Trinajstić information content (AvgIpc) is 2.47. The topological polar surface area (TPSA) is 41.9 Å². The number of benzene rings is 1. The monoisotopic (exact) mass is 357 g/mol. The maximum Gasteiger partial charge on any atom is 0.133 e. The molecule has 1 saturated heterocycles. The minimum atomic E-state index is -0.494. The molecule has 0 bridgehead atoms. The molecule has 0 amide bonds. The molecule has 2 atom stereocenters. The predicted molar refractivity (Wildman–Crippen MR) is 86.9 cm³/mol. The second-order valence-electron chi connectivity index (χ2n) is 5.74. The summed E-state index contributed by atoms with van der Waals surface area (Å²) in [6.07, 6.45) is -0.0342. The molecular weight excluding hydrogens is 334 g/mol. The third-order valence-corrected chi connectivity index (χ3v) is 4.57. The number of hydrogen-bond acceptors (Lipinski definition) is 4. The van der Waals surface area contributed by atoms with Gasteiger partial charge in [0.05, 0.1) is 30.4 Å². The molecule has 1 aliphatic heterocycles. The van der Waals surface area contributed by atoms with E-state index in [9.17, 15) is 5.11 Å². The van der Waals surface area contributed by atoms with Gasteiger partial charge in [-0.25, -0.2) is 0 Å². The van der Waals surface area contributed by atoms with Crippen molar-refractivity contribution in [3.05, 3.63) is 28.2 Å². The Hall–Kier alpha value is -0.620. The Bertz CT molecular complexity index is 467. The van der Waals surface area contributed by atoms with Gasteiger partial charge >= 0.3 is 0 Å². The van der Waals surface area contributed by atoms with Crippen molar-refractivity contribution in [3.63, 3.8) is 0 Å². The summed E-state index contributed by atoms with van der Waals surface area (Å²) in [5.74, 6) is 0.799. The molecule has 4 nitrogen and oxygen atoms in total. The van der Waals surface area contributed by atoms with Crippen LogP contribution in [0.5, 0.6) is 5.75 Å². The molecule has 1 aromatic rings. The number of aliphatic hydroxyl groups is 1. The van der Waals surface area contributed by atoms with Gasteiger partial charge in [-0.15, -0.1) is 0 Å². The van der Waals surface area contributed by atoms with E-state index >= 15 is 0 Å². The summed E-state index contributed by atoms with van der Waals surface area (Å²) < 4.78 is 11.9. The van der Waals surface area contributed by atoms with Gasteiger partial charge in [0.15, 0.2) is 0 Å². The Balaban J connectivity index is 1.97. The van der Waals surface area contributed by atoms with E-state index in [1.165, 1.54) is 0 Å². The first kappa shape index (κ1) is 16.7. The van der Waals surface area contributed by atoms with Gasteiger partial charge in [0.1, 0.15) is 5.75 Å². The van der Waals surface area contributed by atoms with Crippen LogP contribution in [-0.2, 0) is 11.2 Å². The first-order chi connectivity index (χ1) is 10.0. The normalized spacial score (nSPS) is 21.5. The number of methoxy groups -OCH3 is 1. The summed E-state index contributed by atoms with van der Waals surface area (Å²) >= 11 is 3.48. The molecule has 0 radical (unpaired) electrons. The highest BCUT2D eigenvalue weighted by Crippen LogP contribution is 2.26. The Morgan fingerprint density at radius 3 is 2.86 bits per heavy atom. The van der Waals surface area contributed by atoms with E-state index in [2.05, 4.69) is 34.7 Å². The van der Waals surface area contributed by atoms with Crippen LogP contribution in [0.4, 0.5) is 0 Å². The van der Waals surface area contributed by atoms with Crippen molar-refractivity contribution in [2.24, 2.45) is 0 Å². The molecule has 5 heteroatoms. The van der Waals surface area contributed by atoms with Crippen LogP contribution in [0.25, 0.3) is 0 Å². The van der Waals surface area contributed by atoms with Crippen molar-refractivity contribution in [2.75, 3.05) is 26.8 Å². The smallest absolute Gasteiger partial charge is 0.133 e. The van der Waals surface area contributed by atoms with Crippen LogP contribution in [0.1, 0.15) is 19.4 Å². The predicted octanol–water partition coefficient (Wildman–Crippen LogP) is 2.47. The summed E-state index contributed by atoms with van der Waals surface area (Å²) in [7, 11) is 1.64. The van der Waals surface area contributed by atoms with Gasteiger partial charge in [0, 0.05) is 25.6 Å². The van der Waals surface area contributed by atoms with E-state index in [4.69, 9.17) is 9.47 Å². The second-order valence-corrected chi connectivity index (χ2v) is 6.59. The van der Waals surface area contributed by atoms with Crippen molar-refractivity contribution in [1.82, 2.24) is 4.90 Å². The van der Waals surface area contributed by atoms with Crippen LogP contribution in [-0.4, -0.2) is 55.1 Å². The lowest BCUT2D eigenvalue weighted by molar-refractivity contribution is -0.0940. The summed E-state index contributed by atoms with van der Waals surface area (Å²) in [6, 6.07) is 6.37. The largest absolute Gasteiger partial charge is 0.496 e. The number of morpholine rings is 1. The summed E-state index contributed by atoms with van der Waals surface area (Å²) in [5, 5.41) is 10.4. The second kappa shape index (κ2) is 7.58. The molecule has 2 rings (SSSR count). The molecule has 118 valence electrons. The minimum Gasteiger partial charge on any atom is -0.496 e. The van der Waals surface area contributed by atoms with Crippen molar-refractivity contribution in [1.29, 1.82) is 0 Å². The lowest BCUT2D eigenvalue weighted by Crippen LogP contribution is -2.50. The van der Waals surface area contributed by atoms with Crippen LogP contribution in [0.2, 0.25) is 0 Å². The molecule has 1 aliphatic rings. The Labute approximate surface area is 135 Å². The number of ether oxygens (including phenoxy) is 2.